The maximum Gasteiger partial charge on any atom is 0.279 e. The summed E-state index contributed by atoms with van der Waals surface area (Å²) in [4.78, 5) is 12.6. The Morgan fingerprint density at radius 2 is 1.65 bits per heavy atom. The van der Waals surface area contributed by atoms with Crippen molar-refractivity contribution in [2.75, 3.05) is 0 Å². The first-order chi connectivity index (χ1) is 11.0. The number of nitrogens with one attached hydrogen (secondary N) is 1. The lowest BCUT2D eigenvalue weighted by Crippen LogP contribution is -2.34. The average molecular weight is 366 g/mol. The summed E-state index contributed by atoms with van der Waals surface area (Å²) < 4.78 is 1.35. The Balaban J connectivity index is 2.19. The van der Waals surface area contributed by atoms with Gasteiger partial charge in [0.25, 0.3) is 5.56 Å². The van der Waals surface area contributed by atoms with Crippen molar-refractivity contribution >= 4 is 47.5 Å². The third-order valence-corrected chi connectivity index (χ3v) is 4.13. The molecular weight excluding hydrogens is 355 g/mol. The normalized spacial score (nSPS) is 11.9. The lowest BCUT2D eigenvalue weighted by atomic mass is 10.2. The van der Waals surface area contributed by atoms with Crippen molar-refractivity contribution in [3.8, 4) is 5.69 Å². The second-order valence-corrected chi connectivity index (χ2v) is 6.22. The molecule has 116 valence electrons. The van der Waals surface area contributed by atoms with E-state index >= 15 is 0 Å². The lowest BCUT2D eigenvalue weighted by molar-refractivity contribution is 0.839. The molecule has 0 atom stereocenters. The fraction of sp³-hybridized carbons (Fsp3) is 0. The monoisotopic (exact) mass is 364 g/mol. The Morgan fingerprint density at radius 3 is 2.30 bits per heavy atom. The maximum absolute atomic E-state index is 12.6. The van der Waals surface area contributed by atoms with Crippen molar-refractivity contribution in [2.24, 2.45) is 0 Å². The Morgan fingerprint density at radius 1 is 1.00 bits per heavy atom. The molecule has 0 saturated carbocycles. The van der Waals surface area contributed by atoms with Gasteiger partial charge in [0.05, 0.1) is 21.3 Å². The van der Waals surface area contributed by atoms with Gasteiger partial charge in [-0.15, -0.1) is 0 Å². The molecular formula is C17H11Cl3N2O. The van der Waals surface area contributed by atoms with Gasteiger partial charge >= 0.3 is 0 Å². The highest BCUT2D eigenvalue weighted by molar-refractivity contribution is 6.35. The first-order valence-corrected chi connectivity index (χ1v) is 7.82. The number of nitrogens with zero attached hydrogens (tertiary/aromatic N) is 1. The Hall–Kier alpha value is -1.94. The van der Waals surface area contributed by atoms with Gasteiger partial charge in [-0.1, -0.05) is 53.5 Å². The quantitative estimate of drug-likeness (QED) is 0.743. The molecule has 3 rings (SSSR count). The van der Waals surface area contributed by atoms with Crippen LogP contribution in [0.5, 0.6) is 0 Å². The third kappa shape index (κ3) is 3.22. The number of aromatic amines is 1. The third-order valence-electron chi connectivity index (χ3n) is 3.34. The van der Waals surface area contributed by atoms with Gasteiger partial charge in [0, 0.05) is 10.0 Å². The van der Waals surface area contributed by atoms with Gasteiger partial charge in [-0.3, -0.25) is 9.89 Å². The zero-order valence-electron chi connectivity index (χ0n) is 11.8. The van der Waals surface area contributed by atoms with Crippen molar-refractivity contribution in [3.63, 3.8) is 0 Å². The second-order valence-electron chi connectivity index (χ2n) is 4.94. The minimum atomic E-state index is -0.242. The molecule has 0 aliphatic rings. The summed E-state index contributed by atoms with van der Waals surface area (Å²) in [6, 6.07) is 12.1. The molecule has 0 amide bonds. The van der Waals surface area contributed by atoms with Crippen molar-refractivity contribution in [1.29, 1.82) is 0 Å². The number of hydrogen-bond acceptors (Lipinski definition) is 1. The van der Waals surface area contributed by atoms with Gasteiger partial charge < -0.3 is 0 Å². The predicted molar refractivity (Wildman–Crippen MR) is 96.2 cm³/mol. The summed E-state index contributed by atoms with van der Waals surface area (Å²) in [5.74, 6) is 0. The van der Waals surface area contributed by atoms with Crippen LogP contribution in [0.2, 0.25) is 15.1 Å². The average Bonchev–Trinajstić information content (AvgIpc) is 2.77. The van der Waals surface area contributed by atoms with Gasteiger partial charge in [-0.05, 0) is 42.0 Å². The van der Waals surface area contributed by atoms with Crippen LogP contribution >= 0.6 is 34.8 Å². The van der Waals surface area contributed by atoms with E-state index in [2.05, 4.69) is 11.7 Å². The molecule has 0 saturated heterocycles. The van der Waals surface area contributed by atoms with E-state index in [1.54, 1.807) is 36.4 Å². The molecule has 3 aromatic rings. The topological polar surface area (TPSA) is 37.8 Å². The van der Waals surface area contributed by atoms with E-state index in [1.807, 2.05) is 12.1 Å². The summed E-state index contributed by atoms with van der Waals surface area (Å²) >= 11 is 17.9. The maximum atomic E-state index is 12.6. The molecule has 0 fully saturated rings. The van der Waals surface area contributed by atoms with Crippen molar-refractivity contribution in [2.45, 2.75) is 0 Å². The van der Waals surface area contributed by atoms with Crippen LogP contribution in [-0.4, -0.2) is 9.78 Å². The van der Waals surface area contributed by atoms with E-state index in [0.717, 1.165) is 5.56 Å². The van der Waals surface area contributed by atoms with Crippen LogP contribution in [0.25, 0.3) is 18.3 Å². The molecule has 1 N–H and O–H groups in total. The van der Waals surface area contributed by atoms with Crippen LogP contribution in [0.3, 0.4) is 0 Å². The number of aromatic nitrogens is 2. The van der Waals surface area contributed by atoms with E-state index < -0.39 is 0 Å². The fourth-order valence-corrected chi connectivity index (χ4v) is 2.82. The molecule has 0 aliphatic heterocycles. The molecule has 0 aliphatic carbocycles. The van der Waals surface area contributed by atoms with Crippen molar-refractivity contribution < 1.29 is 0 Å². The molecule has 2 aromatic carbocycles. The zero-order chi connectivity index (χ0) is 16.6. The minimum Gasteiger partial charge on any atom is -0.291 e. The van der Waals surface area contributed by atoms with E-state index in [4.69, 9.17) is 34.8 Å². The highest BCUT2D eigenvalue weighted by atomic mass is 35.5. The highest BCUT2D eigenvalue weighted by Crippen LogP contribution is 2.22. The van der Waals surface area contributed by atoms with Gasteiger partial charge in [-0.2, -0.15) is 0 Å². The van der Waals surface area contributed by atoms with Gasteiger partial charge in [0.2, 0.25) is 0 Å². The number of H-pyrrole nitrogens is 1. The lowest BCUT2D eigenvalue weighted by Gasteiger charge is -2.04. The smallest absolute Gasteiger partial charge is 0.279 e. The van der Waals surface area contributed by atoms with Crippen LogP contribution in [0.15, 0.2) is 47.3 Å². The first kappa shape index (κ1) is 15.9. The molecule has 0 radical (unpaired) electrons. The fourth-order valence-electron chi connectivity index (χ4n) is 2.20. The molecule has 0 bridgehead atoms. The Labute approximate surface area is 147 Å². The molecule has 6 heteroatoms. The standard InChI is InChI=1S/C17H11Cl3N2O/c1-10-14(8-11-2-4-12(18)5-3-11)17(23)22(21-10)16-7-6-13(19)9-15(16)20/h2-9,21H,1H2. The molecule has 1 heterocycles. The van der Waals surface area contributed by atoms with Gasteiger partial charge in [0.1, 0.15) is 0 Å². The number of rotatable bonds is 2. The minimum absolute atomic E-state index is 0.242. The SMILES string of the molecule is C=c1[nH]n(-c2ccc(Cl)cc2Cl)c(=O)c1=Cc1ccc(Cl)cc1. The molecule has 1 aromatic heterocycles. The van der Waals surface area contributed by atoms with Crippen LogP contribution < -0.4 is 16.1 Å². The van der Waals surface area contributed by atoms with Crippen LogP contribution in [0.4, 0.5) is 0 Å². The van der Waals surface area contributed by atoms with Crippen LogP contribution in [0.1, 0.15) is 5.56 Å². The van der Waals surface area contributed by atoms with Crippen molar-refractivity contribution in [1.82, 2.24) is 9.78 Å². The van der Waals surface area contributed by atoms with E-state index in [1.165, 1.54) is 4.68 Å². The van der Waals surface area contributed by atoms with Crippen LogP contribution in [0, 0.1) is 0 Å². The first-order valence-electron chi connectivity index (χ1n) is 6.68. The summed E-state index contributed by atoms with van der Waals surface area (Å²) in [7, 11) is 0. The molecule has 0 spiro atoms. The summed E-state index contributed by atoms with van der Waals surface area (Å²) in [6.45, 7) is 3.89. The number of halogens is 3. The van der Waals surface area contributed by atoms with E-state index in [9.17, 15) is 4.79 Å². The largest absolute Gasteiger partial charge is 0.291 e. The van der Waals surface area contributed by atoms with Gasteiger partial charge in [-0.25, -0.2) is 4.68 Å². The summed E-state index contributed by atoms with van der Waals surface area (Å²) in [5.41, 5.74) is 1.13. The molecule has 0 unspecified atom stereocenters. The summed E-state index contributed by atoms with van der Waals surface area (Å²) in [5, 5.41) is 5.39. The number of benzene rings is 2. The molecule has 23 heavy (non-hydrogen) atoms. The highest BCUT2D eigenvalue weighted by Gasteiger charge is 2.09. The Bertz CT molecular complexity index is 1030. The van der Waals surface area contributed by atoms with E-state index in [-0.39, 0.29) is 5.56 Å². The summed E-state index contributed by atoms with van der Waals surface area (Å²) in [6.07, 6.45) is 1.75. The second kappa shape index (κ2) is 6.28. The Kier molecular flexibility index (Phi) is 4.35. The van der Waals surface area contributed by atoms with Crippen molar-refractivity contribution in [3.05, 3.63) is 84.0 Å². The van der Waals surface area contributed by atoms with Crippen LogP contribution in [-0.2, 0) is 0 Å². The zero-order valence-corrected chi connectivity index (χ0v) is 14.1. The number of hydrogen-bond donors (Lipinski definition) is 1. The molecule has 3 nitrogen and oxygen atoms in total. The van der Waals surface area contributed by atoms with E-state index in [0.29, 0.717) is 31.3 Å². The van der Waals surface area contributed by atoms with Gasteiger partial charge in [0.15, 0.2) is 0 Å². The predicted octanol–water partition coefficient (Wildman–Crippen LogP) is 3.36.